The fraction of sp³-hybridized carbons (Fsp3) is 0.444. The summed E-state index contributed by atoms with van der Waals surface area (Å²) in [7, 11) is -2.27. The first-order valence-electron chi connectivity index (χ1n) is 12.5. The van der Waals surface area contributed by atoms with Crippen molar-refractivity contribution >= 4 is 26.8 Å². The summed E-state index contributed by atoms with van der Waals surface area (Å²) in [5.41, 5.74) is 2.84. The van der Waals surface area contributed by atoms with Crippen molar-refractivity contribution in [3.8, 4) is 5.75 Å². The number of benzene rings is 2. The van der Waals surface area contributed by atoms with E-state index in [-0.39, 0.29) is 16.6 Å². The Balaban J connectivity index is 1.33. The second kappa shape index (κ2) is 10.0. The van der Waals surface area contributed by atoms with Crippen LogP contribution in [0.15, 0.2) is 53.6 Å². The zero-order valence-corrected chi connectivity index (χ0v) is 21.0. The van der Waals surface area contributed by atoms with Crippen LogP contribution in [0.4, 0.5) is 0 Å². The highest BCUT2D eigenvalue weighted by Gasteiger charge is 2.31. The average Bonchev–Trinajstić information content (AvgIpc) is 3.12. The van der Waals surface area contributed by atoms with Crippen LogP contribution in [0.25, 0.3) is 10.9 Å². The number of rotatable bonds is 5. The van der Waals surface area contributed by atoms with Gasteiger partial charge in [-0.1, -0.05) is 31.0 Å². The summed E-state index contributed by atoms with van der Waals surface area (Å²) in [5, 5.41) is 1.25. The van der Waals surface area contributed by atoms with E-state index in [0.29, 0.717) is 37.7 Å². The van der Waals surface area contributed by atoms with Gasteiger partial charge in [-0.3, -0.25) is 4.79 Å². The van der Waals surface area contributed by atoms with E-state index in [0.717, 1.165) is 44.0 Å². The van der Waals surface area contributed by atoms with Gasteiger partial charge in [0.05, 0.1) is 7.11 Å². The number of H-pyrrole nitrogens is 1. The number of nitrogens with one attached hydrogen (secondary N) is 1. The molecule has 3 heterocycles. The number of hydrogen-bond acceptors (Lipinski definition) is 4. The number of sulfonamides is 1. The van der Waals surface area contributed by atoms with E-state index >= 15 is 0 Å². The number of hydrogen-bond donors (Lipinski definition) is 1. The molecule has 35 heavy (non-hydrogen) atoms. The molecule has 2 aromatic carbocycles. The molecule has 2 fully saturated rings. The summed E-state index contributed by atoms with van der Waals surface area (Å²) in [4.78, 5) is 18.7. The Bertz CT molecular complexity index is 1300. The highest BCUT2D eigenvalue weighted by molar-refractivity contribution is 7.89. The first kappa shape index (κ1) is 23.9. The molecule has 0 spiro atoms. The molecule has 0 bridgehead atoms. The van der Waals surface area contributed by atoms with Gasteiger partial charge in [0.25, 0.3) is 5.91 Å². The lowest BCUT2D eigenvalue weighted by Gasteiger charge is -2.32. The van der Waals surface area contributed by atoms with E-state index in [4.69, 9.17) is 4.74 Å². The monoisotopic (exact) mass is 495 g/mol. The van der Waals surface area contributed by atoms with Crippen molar-refractivity contribution in [1.82, 2.24) is 14.2 Å². The molecule has 0 radical (unpaired) electrons. The van der Waals surface area contributed by atoms with Crippen LogP contribution in [0.1, 0.15) is 60.4 Å². The molecule has 2 aliphatic heterocycles. The molecule has 0 atom stereocenters. The Kier molecular flexibility index (Phi) is 6.84. The van der Waals surface area contributed by atoms with Gasteiger partial charge < -0.3 is 14.6 Å². The summed E-state index contributed by atoms with van der Waals surface area (Å²) in [6.45, 7) is 2.29. The maximum Gasteiger partial charge on any atom is 0.253 e. The predicted octanol–water partition coefficient (Wildman–Crippen LogP) is 4.76. The third-order valence-electron chi connectivity index (χ3n) is 7.44. The van der Waals surface area contributed by atoms with Crippen LogP contribution in [0.3, 0.4) is 0 Å². The molecular formula is C27H33N3O4S. The molecular weight excluding hydrogens is 462 g/mol. The van der Waals surface area contributed by atoms with E-state index < -0.39 is 10.0 Å². The molecule has 7 nitrogen and oxygen atoms in total. The van der Waals surface area contributed by atoms with Gasteiger partial charge in [-0.25, -0.2) is 8.42 Å². The molecule has 8 heteroatoms. The maximum atomic E-state index is 13.5. The average molecular weight is 496 g/mol. The molecule has 2 saturated heterocycles. The van der Waals surface area contributed by atoms with Crippen LogP contribution in [0, 0.1) is 0 Å². The van der Waals surface area contributed by atoms with Crippen LogP contribution >= 0.6 is 0 Å². The molecule has 0 saturated carbocycles. The normalized spacial score (nSPS) is 18.5. The molecule has 1 N–H and O–H groups in total. The van der Waals surface area contributed by atoms with Crippen molar-refractivity contribution in [2.24, 2.45) is 0 Å². The number of carbonyl (C=O) groups excluding carboxylic acids is 1. The minimum atomic E-state index is -3.74. The lowest BCUT2D eigenvalue weighted by Crippen LogP contribution is -2.38. The summed E-state index contributed by atoms with van der Waals surface area (Å²) >= 11 is 0. The third-order valence-corrected chi connectivity index (χ3v) is 9.36. The van der Waals surface area contributed by atoms with E-state index in [1.54, 1.807) is 16.4 Å². The fourth-order valence-corrected chi connectivity index (χ4v) is 7.14. The van der Waals surface area contributed by atoms with Gasteiger partial charge in [-0.05, 0) is 61.4 Å². The van der Waals surface area contributed by atoms with Crippen molar-refractivity contribution in [2.45, 2.75) is 49.3 Å². The van der Waals surface area contributed by atoms with Crippen molar-refractivity contribution in [2.75, 3.05) is 33.3 Å². The topological polar surface area (TPSA) is 82.7 Å². The molecule has 0 unspecified atom stereocenters. The third kappa shape index (κ3) is 4.69. The number of aromatic nitrogens is 1. The molecule has 3 aromatic rings. The Morgan fingerprint density at radius 3 is 2.40 bits per heavy atom. The zero-order valence-electron chi connectivity index (χ0n) is 20.2. The Morgan fingerprint density at radius 2 is 1.69 bits per heavy atom. The second-order valence-electron chi connectivity index (χ2n) is 9.54. The van der Waals surface area contributed by atoms with Crippen molar-refractivity contribution < 1.29 is 17.9 Å². The van der Waals surface area contributed by atoms with Crippen LogP contribution in [0.2, 0.25) is 0 Å². The van der Waals surface area contributed by atoms with Crippen molar-refractivity contribution in [1.29, 1.82) is 0 Å². The minimum Gasteiger partial charge on any atom is -0.495 e. The van der Waals surface area contributed by atoms with Crippen LogP contribution in [-0.4, -0.2) is 61.8 Å². The summed E-state index contributed by atoms with van der Waals surface area (Å²) in [5.74, 6) is 0.547. The van der Waals surface area contributed by atoms with Gasteiger partial charge in [0, 0.05) is 48.8 Å². The van der Waals surface area contributed by atoms with E-state index in [2.05, 4.69) is 29.4 Å². The highest BCUT2D eigenvalue weighted by Crippen LogP contribution is 2.34. The standard InChI is InChI=1S/C27H33N3O4S/c1-34-25-11-10-21(18-26(25)35(32,33)30-14-6-2-3-7-15-30)27(31)29-16-12-20(13-17-29)23-19-28-24-9-5-4-8-22(23)24/h4-5,8-11,18-20,28H,2-3,6-7,12-17H2,1H3. The molecule has 1 aromatic heterocycles. The minimum absolute atomic E-state index is 0.0847. The second-order valence-corrected chi connectivity index (χ2v) is 11.4. The predicted molar refractivity (Wildman–Crippen MR) is 136 cm³/mol. The number of ether oxygens (including phenoxy) is 1. The Morgan fingerprint density at radius 1 is 0.971 bits per heavy atom. The lowest BCUT2D eigenvalue weighted by molar-refractivity contribution is 0.0713. The fourth-order valence-electron chi connectivity index (χ4n) is 5.44. The van der Waals surface area contributed by atoms with Crippen LogP contribution in [0.5, 0.6) is 5.75 Å². The lowest BCUT2D eigenvalue weighted by atomic mass is 9.89. The van der Waals surface area contributed by atoms with Gasteiger partial charge in [0.1, 0.15) is 10.6 Å². The van der Waals surface area contributed by atoms with Crippen LogP contribution < -0.4 is 4.74 Å². The SMILES string of the molecule is COc1ccc(C(=O)N2CCC(c3c[nH]c4ccccc34)CC2)cc1S(=O)(=O)N1CCCCCC1. The van der Waals surface area contributed by atoms with E-state index in [1.165, 1.54) is 24.1 Å². The summed E-state index contributed by atoms with van der Waals surface area (Å²) in [6.07, 6.45) is 7.63. The molecule has 5 rings (SSSR count). The number of para-hydroxylation sites is 1. The number of piperidine rings is 1. The van der Waals surface area contributed by atoms with E-state index in [9.17, 15) is 13.2 Å². The van der Waals surface area contributed by atoms with Gasteiger partial charge in [-0.2, -0.15) is 4.31 Å². The highest BCUT2D eigenvalue weighted by atomic mass is 32.2. The number of fused-ring (bicyclic) bond motifs is 1. The molecule has 1 amide bonds. The Hall–Kier alpha value is -2.84. The molecule has 0 aliphatic carbocycles. The van der Waals surface area contributed by atoms with Gasteiger partial charge >= 0.3 is 0 Å². The van der Waals surface area contributed by atoms with Crippen molar-refractivity contribution in [3.05, 3.63) is 59.8 Å². The maximum absolute atomic E-state index is 13.5. The van der Waals surface area contributed by atoms with Crippen molar-refractivity contribution in [3.63, 3.8) is 0 Å². The smallest absolute Gasteiger partial charge is 0.253 e. The van der Waals surface area contributed by atoms with E-state index in [1.807, 2.05) is 11.0 Å². The first-order chi connectivity index (χ1) is 17.0. The molecule has 2 aliphatic rings. The van der Waals surface area contributed by atoms with Gasteiger partial charge in [0.2, 0.25) is 10.0 Å². The number of amides is 1. The van der Waals surface area contributed by atoms with Crippen LogP contribution in [-0.2, 0) is 10.0 Å². The number of likely N-dealkylation sites (tertiary alicyclic amines) is 1. The quantitative estimate of drug-likeness (QED) is 0.553. The number of nitrogens with zero attached hydrogens (tertiary/aromatic N) is 2. The zero-order chi connectivity index (χ0) is 24.4. The summed E-state index contributed by atoms with van der Waals surface area (Å²) < 4.78 is 33.9. The number of aromatic amines is 1. The van der Waals surface area contributed by atoms with Gasteiger partial charge in [0.15, 0.2) is 0 Å². The first-order valence-corrected chi connectivity index (χ1v) is 14.0. The number of methoxy groups -OCH3 is 1. The summed E-state index contributed by atoms with van der Waals surface area (Å²) in [6, 6.07) is 13.1. The number of carbonyl (C=O) groups is 1. The van der Waals surface area contributed by atoms with Gasteiger partial charge in [-0.15, -0.1) is 0 Å². The largest absolute Gasteiger partial charge is 0.495 e. The molecule has 186 valence electrons. The Labute approximate surface area is 207 Å².